The van der Waals surface area contributed by atoms with E-state index in [1.165, 1.54) is 17.9 Å². The summed E-state index contributed by atoms with van der Waals surface area (Å²) in [5.74, 6) is 3.49. The first-order valence-electron chi connectivity index (χ1n) is 6.82. The smallest absolute Gasteiger partial charge is 0.191 e. The molecule has 0 aromatic rings. The van der Waals surface area contributed by atoms with Gasteiger partial charge in [0.25, 0.3) is 0 Å². The number of ether oxygens (including phenoxy) is 1. The zero-order valence-electron chi connectivity index (χ0n) is 10.8. The molecule has 3 rings (SSSR count). The molecule has 5 nitrogen and oxygen atoms in total. The molecule has 0 saturated carbocycles. The molecule has 0 aromatic heterocycles. The molecular weight excluding hydrogens is 248 g/mol. The van der Waals surface area contributed by atoms with Crippen LogP contribution in [0.5, 0.6) is 0 Å². The van der Waals surface area contributed by atoms with Gasteiger partial charge in [-0.3, -0.25) is 9.89 Å². The highest BCUT2D eigenvalue weighted by atomic mass is 32.2. The summed E-state index contributed by atoms with van der Waals surface area (Å²) in [6.45, 7) is 6.79. The fraction of sp³-hybridized carbons (Fsp3) is 0.917. The second kappa shape index (κ2) is 5.67. The van der Waals surface area contributed by atoms with Crippen LogP contribution in [0.2, 0.25) is 0 Å². The van der Waals surface area contributed by atoms with E-state index in [1.807, 2.05) is 0 Å². The second-order valence-corrected chi connectivity index (χ2v) is 6.24. The Bertz CT molecular complexity index is 311. The Morgan fingerprint density at radius 3 is 3.00 bits per heavy atom. The van der Waals surface area contributed by atoms with Gasteiger partial charge >= 0.3 is 0 Å². The molecule has 0 spiro atoms. The maximum Gasteiger partial charge on any atom is 0.191 e. The first-order valence-corrected chi connectivity index (χ1v) is 7.97. The normalized spacial score (nSPS) is 33.2. The molecule has 0 bridgehead atoms. The minimum absolute atomic E-state index is 0.307. The molecule has 3 aliphatic heterocycles. The Kier molecular flexibility index (Phi) is 3.96. The molecule has 0 unspecified atom stereocenters. The third-order valence-electron chi connectivity index (χ3n) is 4.02. The average Bonchev–Trinajstić information content (AvgIpc) is 3.10. The van der Waals surface area contributed by atoms with Crippen LogP contribution in [0.3, 0.4) is 0 Å². The largest absolute Gasteiger partial charge is 0.379 e. The van der Waals surface area contributed by atoms with Gasteiger partial charge in [0.15, 0.2) is 5.96 Å². The lowest BCUT2D eigenvalue weighted by Crippen LogP contribution is -2.59. The van der Waals surface area contributed by atoms with Crippen molar-refractivity contribution in [2.24, 2.45) is 4.99 Å². The van der Waals surface area contributed by atoms with E-state index in [0.29, 0.717) is 5.54 Å². The highest BCUT2D eigenvalue weighted by Crippen LogP contribution is 2.33. The van der Waals surface area contributed by atoms with Gasteiger partial charge in [-0.2, -0.15) is 11.8 Å². The van der Waals surface area contributed by atoms with Gasteiger partial charge in [-0.25, -0.2) is 0 Å². The van der Waals surface area contributed by atoms with E-state index >= 15 is 0 Å². The maximum absolute atomic E-state index is 5.48. The standard InChI is InChI=1S/C12H22N4OS/c1-8-18-10-12(1,16-4-6-17-7-5-16)9-15-11-13-2-3-14-11/h1-10H2,(H2,13,14,15)/t12-/m1/s1. The Labute approximate surface area is 113 Å². The van der Waals surface area contributed by atoms with Crippen molar-refractivity contribution in [3.8, 4) is 0 Å². The first kappa shape index (κ1) is 12.6. The zero-order chi connectivity index (χ0) is 12.3. The van der Waals surface area contributed by atoms with Crippen molar-refractivity contribution in [1.82, 2.24) is 15.5 Å². The number of rotatable bonds is 3. The Morgan fingerprint density at radius 1 is 1.44 bits per heavy atom. The Balaban J connectivity index is 1.62. The molecule has 2 saturated heterocycles. The van der Waals surface area contributed by atoms with Gasteiger partial charge in [0, 0.05) is 37.5 Å². The molecule has 6 heteroatoms. The Morgan fingerprint density at radius 2 is 2.33 bits per heavy atom. The molecule has 0 radical (unpaired) electrons. The SMILES string of the molecule is C1CNC(NC[C@]2(N3CCOCC3)CCSC2)=N1. The molecule has 18 heavy (non-hydrogen) atoms. The van der Waals surface area contributed by atoms with Crippen molar-refractivity contribution in [1.29, 1.82) is 0 Å². The molecule has 0 aromatic carbocycles. The number of aliphatic imine (C=N–C) groups is 1. The van der Waals surface area contributed by atoms with Crippen LogP contribution in [-0.2, 0) is 4.74 Å². The van der Waals surface area contributed by atoms with Crippen LogP contribution in [0.1, 0.15) is 6.42 Å². The summed E-state index contributed by atoms with van der Waals surface area (Å²) in [5.41, 5.74) is 0.307. The number of thioether (sulfide) groups is 1. The highest BCUT2D eigenvalue weighted by molar-refractivity contribution is 7.99. The second-order valence-electron chi connectivity index (χ2n) is 5.14. The number of hydrogen-bond donors (Lipinski definition) is 2. The van der Waals surface area contributed by atoms with Crippen LogP contribution in [0.15, 0.2) is 4.99 Å². The third kappa shape index (κ3) is 2.60. The molecule has 2 N–H and O–H groups in total. The van der Waals surface area contributed by atoms with Gasteiger partial charge < -0.3 is 15.4 Å². The number of nitrogens with zero attached hydrogens (tertiary/aromatic N) is 2. The molecule has 1 atom stereocenters. The Hall–Kier alpha value is -0.460. The summed E-state index contributed by atoms with van der Waals surface area (Å²) in [4.78, 5) is 7.04. The number of morpholine rings is 1. The van der Waals surface area contributed by atoms with Gasteiger partial charge in [-0.1, -0.05) is 0 Å². The predicted octanol–water partition coefficient (Wildman–Crippen LogP) is -0.257. The van der Waals surface area contributed by atoms with E-state index < -0.39 is 0 Å². The fourth-order valence-electron chi connectivity index (χ4n) is 2.90. The first-order chi connectivity index (χ1) is 8.89. The van der Waals surface area contributed by atoms with Crippen molar-refractivity contribution in [2.75, 3.05) is 57.4 Å². The molecule has 3 aliphatic rings. The van der Waals surface area contributed by atoms with Gasteiger partial charge in [0.1, 0.15) is 0 Å². The predicted molar refractivity (Wildman–Crippen MR) is 75.4 cm³/mol. The molecule has 0 amide bonds. The van der Waals surface area contributed by atoms with Crippen molar-refractivity contribution >= 4 is 17.7 Å². The molecule has 102 valence electrons. The van der Waals surface area contributed by atoms with E-state index in [-0.39, 0.29) is 0 Å². The molecule has 2 fully saturated rings. The lowest BCUT2D eigenvalue weighted by atomic mass is 9.95. The van der Waals surface area contributed by atoms with Crippen molar-refractivity contribution in [3.63, 3.8) is 0 Å². The van der Waals surface area contributed by atoms with Gasteiger partial charge in [-0.05, 0) is 12.2 Å². The minimum atomic E-state index is 0.307. The van der Waals surface area contributed by atoms with Gasteiger partial charge in [-0.15, -0.1) is 0 Å². The summed E-state index contributed by atoms with van der Waals surface area (Å²) in [6.07, 6.45) is 1.28. The highest BCUT2D eigenvalue weighted by Gasteiger charge is 2.40. The summed E-state index contributed by atoms with van der Waals surface area (Å²) < 4.78 is 5.48. The van der Waals surface area contributed by atoms with Crippen LogP contribution >= 0.6 is 11.8 Å². The van der Waals surface area contributed by atoms with Crippen LogP contribution in [0.25, 0.3) is 0 Å². The lowest BCUT2D eigenvalue weighted by Gasteiger charge is -2.43. The number of hydrogen-bond acceptors (Lipinski definition) is 6. The number of guanidine groups is 1. The minimum Gasteiger partial charge on any atom is -0.379 e. The summed E-state index contributed by atoms with van der Waals surface area (Å²) >= 11 is 2.07. The van der Waals surface area contributed by atoms with Gasteiger partial charge in [0.05, 0.1) is 19.8 Å². The van der Waals surface area contributed by atoms with Crippen molar-refractivity contribution in [3.05, 3.63) is 0 Å². The van der Waals surface area contributed by atoms with E-state index in [4.69, 9.17) is 4.74 Å². The molecule has 0 aliphatic carbocycles. The summed E-state index contributed by atoms with van der Waals surface area (Å²) in [7, 11) is 0. The van der Waals surface area contributed by atoms with Gasteiger partial charge in [0.2, 0.25) is 0 Å². The molecular formula is C12H22N4OS. The number of nitrogens with one attached hydrogen (secondary N) is 2. The quantitative estimate of drug-likeness (QED) is 0.740. The van der Waals surface area contributed by atoms with Crippen LogP contribution in [0, 0.1) is 0 Å². The van der Waals surface area contributed by atoms with Crippen LogP contribution in [0.4, 0.5) is 0 Å². The fourth-order valence-corrected chi connectivity index (χ4v) is 4.38. The van der Waals surface area contributed by atoms with E-state index in [2.05, 4.69) is 32.3 Å². The molecule has 3 heterocycles. The zero-order valence-corrected chi connectivity index (χ0v) is 11.6. The van der Waals surface area contributed by atoms with Crippen LogP contribution in [-0.4, -0.2) is 73.8 Å². The van der Waals surface area contributed by atoms with Crippen molar-refractivity contribution in [2.45, 2.75) is 12.0 Å². The van der Waals surface area contributed by atoms with E-state index in [0.717, 1.165) is 51.9 Å². The van der Waals surface area contributed by atoms with E-state index in [9.17, 15) is 0 Å². The third-order valence-corrected chi connectivity index (χ3v) is 5.26. The average molecular weight is 270 g/mol. The van der Waals surface area contributed by atoms with Crippen LogP contribution < -0.4 is 10.6 Å². The topological polar surface area (TPSA) is 48.9 Å². The van der Waals surface area contributed by atoms with E-state index in [1.54, 1.807) is 0 Å². The van der Waals surface area contributed by atoms with Crippen molar-refractivity contribution < 1.29 is 4.74 Å². The summed E-state index contributed by atoms with van der Waals surface area (Å²) in [5, 5.41) is 6.79. The summed E-state index contributed by atoms with van der Waals surface area (Å²) in [6, 6.07) is 0. The lowest BCUT2D eigenvalue weighted by molar-refractivity contribution is -0.0120. The maximum atomic E-state index is 5.48. The monoisotopic (exact) mass is 270 g/mol.